The van der Waals surface area contributed by atoms with Gasteiger partial charge in [-0.3, -0.25) is 0 Å². The lowest BCUT2D eigenvalue weighted by Crippen LogP contribution is -1.82. The molecule has 0 spiro atoms. The number of benzene rings is 2. The van der Waals surface area contributed by atoms with E-state index in [1.807, 2.05) is 24.3 Å². The number of rotatable bonds is 5. The summed E-state index contributed by atoms with van der Waals surface area (Å²) in [7, 11) is 0. The predicted octanol–water partition coefficient (Wildman–Crippen LogP) is 5.99. The third kappa shape index (κ3) is 3.93. The molecule has 2 aromatic heterocycles. The average molecular weight is 404 g/mol. The van der Waals surface area contributed by atoms with E-state index in [1.165, 1.54) is 11.8 Å². The molecule has 0 unspecified atom stereocenters. The van der Waals surface area contributed by atoms with Crippen LogP contribution >= 0.6 is 35.0 Å². The van der Waals surface area contributed by atoms with Gasteiger partial charge in [0, 0.05) is 26.9 Å². The molecule has 26 heavy (non-hydrogen) atoms. The van der Waals surface area contributed by atoms with Gasteiger partial charge in [-0.25, -0.2) is 4.98 Å². The van der Waals surface area contributed by atoms with E-state index in [1.54, 1.807) is 30.5 Å². The molecule has 5 nitrogen and oxygen atoms in total. The molecule has 8 heteroatoms. The molecule has 0 saturated carbocycles. The molecular formula is C18H11Cl2N3O2S. The molecule has 4 aromatic rings. The number of oxazole rings is 1. The van der Waals surface area contributed by atoms with Gasteiger partial charge in [-0.1, -0.05) is 41.0 Å². The summed E-state index contributed by atoms with van der Waals surface area (Å²) in [4.78, 5) is 4.46. The van der Waals surface area contributed by atoms with Gasteiger partial charge >= 0.3 is 0 Å². The molecule has 0 aliphatic carbocycles. The van der Waals surface area contributed by atoms with E-state index in [-0.39, 0.29) is 0 Å². The molecule has 130 valence electrons. The fraction of sp³-hybridized carbons (Fsp3) is 0.0556. The molecule has 0 fully saturated rings. The van der Waals surface area contributed by atoms with Gasteiger partial charge in [0.25, 0.3) is 5.22 Å². The van der Waals surface area contributed by atoms with Gasteiger partial charge in [0.2, 0.25) is 11.8 Å². The Balaban J connectivity index is 1.43. The number of halogens is 2. The number of nitrogens with zero attached hydrogens (tertiary/aromatic N) is 3. The lowest BCUT2D eigenvalue weighted by molar-refractivity contribution is 0.466. The first kappa shape index (κ1) is 17.1. The smallest absolute Gasteiger partial charge is 0.277 e. The monoisotopic (exact) mass is 403 g/mol. The molecule has 0 N–H and O–H groups in total. The Bertz CT molecular complexity index is 1030. The number of hydrogen-bond donors (Lipinski definition) is 0. The van der Waals surface area contributed by atoms with Crippen molar-refractivity contribution in [3.05, 3.63) is 70.5 Å². The van der Waals surface area contributed by atoms with Crippen LogP contribution in [0.2, 0.25) is 10.0 Å². The van der Waals surface area contributed by atoms with Crippen LogP contribution in [-0.2, 0) is 5.75 Å². The summed E-state index contributed by atoms with van der Waals surface area (Å²) >= 11 is 13.3. The third-order valence-corrected chi connectivity index (χ3v) is 4.80. The van der Waals surface area contributed by atoms with Crippen molar-refractivity contribution in [2.45, 2.75) is 11.0 Å². The van der Waals surface area contributed by atoms with E-state index in [9.17, 15) is 0 Å². The minimum atomic E-state index is 0.428. The van der Waals surface area contributed by atoms with Crippen molar-refractivity contribution in [2.75, 3.05) is 0 Å². The summed E-state index contributed by atoms with van der Waals surface area (Å²) in [6.45, 7) is 0. The van der Waals surface area contributed by atoms with Crippen molar-refractivity contribution in [1.29, 1.82) is 0 Å². The van der Waals surface area contributed by atoms with Gasteiger partial charge in [0.05, 0.1) is 5.69 Å². The highest BCUT2D eigenvalue weighted by atomic mass is 35.5. The van der Waals surface area contributed by atoms with Crippen LogP contribution in [0.5, 0.6) is 0 Å². The standard InChI is InChI=1S/C18H11Cl2N3O2S/c19-13-6-4-11(5-7-13)16-21-15(9-24-16)10-26-18-23-22-17(25-18)12-2-1-3-14(20)8-12/h1-9H,10H2. The summed E-state index contributed by atoms with van der Waals surface area (Å²) in [5, 5.41) is 9.83. The van der Waals surface area contributed by atoms with Crippen LogP contribution in [0.4, 0.5) is 0 Å². The first-order valence-electron chi connectivity index (χ1n) is 7.60. The molecule has 0 radical (unpaired) electrons. The highest BCUT2D eigenvalue weighted by molar-refractivity contribution is 7.98. The van der Waals surface area contributed by atoms with Crippen molar-refractivity contribution in [3.8, 4) is 22.9 Å². The lowest BCUT2D eigenvalue weighted by atomic mass is 10.2. The van der Waals surface area contributed by atoms with Crippen molar-refractivity contribution in [1.82, 2.24) is 15.2 Å². The summed E-state index contributed by atoms with van der Waals surface area (Å²) in [6, 6.07) is 14.6. The van der Waals surface area contributed by atoms with Crippen molar-refractivity contribution in [2.24, 2.45) is 0 Å². The molecule has 4 rings (SSSR count). The second kappa shape index (κ2) is 7.53. The minimum Gasteiger partial charge on any atom is -0.444 e. The van der Waals surface area contributed by atoms with Gasteiger partial charge in [-0.15, -0.1) is 10.2 Å². The van der Waals surface area contributed by atoms with Gasteiger partial charge < -0.3 is 8.83 Å². The van der Waals surface area contributed by atoms with Crippen LogP contribution in [0, 0.1) is 0 Å². The van der Waals surface area contributed by atoms with Crippen molar-refractivity contribution < 1.29 is 8.83 Å². The highest BCUT2D eigenvalue weighted by Crippen LogP contribution is 2.28. The Hall–Kier alpha value is -2.28. The van der Waals surface area contributed by atoms with Gasteiger partial charge in [-0.2, -0.15) is 0 Å². The van der Waals surface area contributed by atoms with E-state index >= 15 is 0 Å². The average Bonchev–Trinajstić information content (AvgIpc) is 3.30. The van der Waals surface area contributed by atoms with Crippen molar-refractivity contribution >= 4 is 35.0 Å². The molecular weight excluding hydrogens is 393 g/mol. The predicted molar refractivity (Wildman–Crippen MR) is 101 cm³/mol. The first-order chi connectivity index (χ1) is 12.7. The van der Waals surface area contributed by atoms with Gasteiger partial charge in [0.15, 0.2) is 0 Å². The summed E-state index contributed by atoms with van der Waals surface area (Å²) in [5.41, 5.74) is 2.43. The van der Waals surface area contributed by atoms with E-state index in [4.69, 9.17) is 32.0 Å². The maximum absolute atomic E-state index is 5.98. The topological polar surface area (TPSA) is 65.0 Å². The van der Waals surface area contributed by atoms with Crippen LogP contribution in [0.15, 0.2) is 68.9 Å². The molecule has 0 amide bonds. The van der Waals surface area contributed by atoms with Crippen LogP contribution in [0.25, 0.3) is 22.9 Å². The van der Waals surface area contributed by atoms with Gasteiger partial charge in [-0.05, 0) is 42.5 Å². The zero-order valence-corrected chi connectivity index (χ0v) is 15.6. The third-order valence-electron chi connectivity index (χ3n) is 3.46. The largest absolute Gasteiger partial charge is 0.444 e. The molecule has 0 bridgehead atoms. The zero-order valence-electron chi connectivity index (χ0n) is 13.2. The maximum atomic E-state index is 5.98. The van der Waals surface area contributed by atoms with Crippen LogP contribution in [0.3, 0.4) is 0 Å². The Morgan fingerprint density at radius 1 is 0.885 bits per heavy atom. The van der Waals surface area contributed by atoms with Crippen LogP contribution in [-0.4, -0.2) is 15.2 Å². The van der Waals surface area contributed by atoms with Crippen LogP contribution in [0.1, 0.15) is 5.69 Å². The summed E-state index contributed by atoms with van der Waals surface area (Å²) in [5.74, 6) is 1.52. The van der Waals surface area contributed by atoms with Crippen LogP contribution < -0.4 is 0 Å². The Kier molecular flexibility index (Phi) is 4.97. The second-order valence-corrected chi connectivity index (χ2v) is 7.12. The Morgan fingerprint density at radius 2 is 1.73 bits per heavy atom. The fourth-order valence-corrected chi connectivity index (χ4v) is 3.20. The quantitative estimate of drug-likeness (QED) is 0.381. The lowest BCUT2D eigenvalue weighted by Gasteiger charge is -1.95. The second-order valence-electron chi connectivity index (χ2n) is 5.32. The normalized spacial score (nSPS) is 11.0. The number of hydrogen-bond acceptors (Lipinski definition) is 6. The SMILES string of the molecule is Clc1ccc(-c2nc(CSc3nnc(-c4cccc(Cl)c4)o3)co2)cc1. The fourth-order valence-electron chi connectivity index (χ4n) is 2.24. The van der Waals surface area contributed by atoms with E-state index in [0.29, 0.717) is 32.8 Å². The molecule has 0 saturated heterocycles. The Morgan fingerprint density at radius 3 is 2.54 bits per heavy atom. The Labute approximate surface area is 163 Å². The van der Waals surface area contributed by atoms with E-state index < -0.39 is 0 Å². The molecule has 0 atom stereocenters. The zero-order chi connectivity index (χ0) is 17.9. The van der Waals surface area contributed by atoms with Crippen molar-refractivity contribution in [3.63, 3.8) is 0 Å². The maximum Gasteiger partial charge on any atom is 0.277 e. The molecule has 0 aliphatic heterocycles. The summed E-state index contributed by atoms with van der Waals surface area (Å²) < 4.78 is 11.2. The van der Waals surface area contributed by atoms with Gasteiger partial charge in [0.1, 0.15) is 6.26 Å². The van der Waals surface area contributed by atoms with E-state index in [2.05, 4.69) is 15.2 Å². The first-order valence-corrected chi connectivity index (χ1v) is 9.34. The minimum absolute atomic E-state index is 0.428. The summed E-state index contributed by atoms with van der Waals surface area (Å²) in [6.07, 6.45) is 1.62. The van der Waals surface area contributed by atoms with E-state index in [0.717, 1.165) is 16.8 Å². The molecule has 0 aliphatic rings. The molecule has 2 heterocycles. The molecule has 2 aromatic carbocycles. The number of aromatic nitrogens is 3. The highest BCUT2D eigenvalue weighted by Gasteiger charge is 2.12. The number of thioether (sulfide) groups is 1.